The number of carbonyl (C=O) groups excluding carboxylic acids is 1. The number of allylic oxidation sites excluding steroid dienone is 10. The van der Waals surface area contributed by atoms with Crippen LogP contribution in [0.4, 0.5) is 0 Å². The van der Waals surface area contributed by atoms with Gasteiger partial charge in [0.15, 0.2) is 0 Å². The molecule has 172 valence electrons. The quantitative estimate of drug-likeness (QED) is 0.207. The van der Waals surface area contributed by atoms with Gasteiger partial charge in [-0.15, -0.1) is 0 Å². The molecule has 0 aromatic heterocycles. The van der Waals surface area contributed by atoms with Crippen molar-refractivity contribution in [1.29, 1.82) is 0 Å². The molecule has 3 nitrogen and oxygen atoms in total. The largest absolute Gasteiger partial charge is 0.307 e. The normalized spacial score (nSPS) is 12.9. The second-order valence-electron chi connectivity index (χ2n) is 5.69. The van der Waals surface area contributed by atoms with E-state index >= 15 is 0 Å². The van der Waals surface area contributed by atoms with Gasteiger partial charge in [0.25, 0.3) is 5.91 Å². The highest BCUT2D eigenvalue weighted by Crippen LogP contribution is 2.20. The van der Waals surface area contributed by atoms with Gasteiger partial charge < -0.3 is 5.32 Å². The Bertz CT molecular complexity index is 764. The van der Waals surface area contributed by atoms with Crippen molar-refractivity contribution < 1.29 is 4.79 Å². The average molecular weight is 466 g/mol. The third-order valence-corrected chi connectivity index (χ3v) is 4.40. The van der Waals surface area contributed by atoms with Crippen LogP contribution in [0.1, 0.15) is 54.9 Å². The number of aliphatic imine (C=N–C) groups is 1. The van der Waals surface area contributed by atoms with Gasteiger partial charge in [-0.05, 0) is 45.8 Å². The fraction of sp³-hybridized carbons (Fsp3) is 0.308. The summed E-state index contributed by atoms with van der Waals surface area (Å²) in [5, 5.41) is 3.92. The monoisotopic (exact) mass is 464 g/mol. The molecule has 1 N–H and O–H groups in total. The maximum absolute atomic E-state index is 11.8. The first kappa shape index (κ1) is 33.3. The van der Waals surface area contributed by atoms with Gasteiger partial charge in [-0.3, -0.25) is 4.79 Å². The van der Waals surface area contributed by atoms with Crippen LogP contribution in [0.15, 0.2) is 99.9 Å². The van der Waals surface area contributed by atoms with Crippen molar-refractivity contribution in [2.75, 3.05) is 0 Å². The standard InChI is InChI=1S/C16H22N2O.C8H10Cl2.C2H6/c1-6-10-15(17-8-3)18-16(19)14(5)12-9-11-13(4)7-2;1-4-7(9)6(3)8(10)5-2;1-2/h6,8-12H,1,5,7H2,2-4H3,(H,18,19);4-5H,1H2,2-3H3;1-2H3/b12-9-,13-11+,15-10+,17-8-;7-6+,8-5+;. The number of amides is 1. The Morgan fingerprint density at radius 1 is 1.10 bits per heavy atom. The van der Waals surface area contributed by atoms with E-state index in [1.165, 1.54) is 5.57 Å². The molecule has 31 heavy (non-hydrogen) atoms. The molecule has 0 saturated heterocycles. The molecular formula is C26H38Cl2N2O. The van der Waals surface area contributed by atoms with Gasteiger partial charge in [0.2, 0.25) is 0 Å². The highest BCUT2D eigenvalue weighted by molar-refractivity contribution is 6.36. The van der Waals surface area contributed by atoms with Crippen LogP contribution in [-0.4, -0.2) is 12.1 Å². The SMILES string of the molecule is C=C/C(Cl)=C(C)\C(Cl)=C/C.C=C/C=C(\N=C/C)NC(=O)C(=C)/C=C\C=C(/C)CC.CC. The number of carbonyl (C=O) groups is 1. The lowest BCUT2D eigenvalue weighted by atomic mass is 10.2. The first-order valence-corrected chi connectivity index (χ1v) is 10.9. The zero-order valence-electron chi connectivity index (χ0n) is 20.1. The summed E-state index contributed by atoms with van der Waals surface area (Å²) >= 11 is 11.5. The van der Waals surface area contributed by atoms with Gasteiger partial charge in [0.05, 0.1) is 0 Å². The van der Waals surface area contributed by atoms with Crippen LogP contribution in [0.2, 0.25) is 0 Å². The van der Waals surface area contributed by atoms with Crippen molar-refractivity contribution in [2.24, 2.45) is 4.99 Å². The van der Waals surface area contributed by atoms with Crippen molar-refractivity contribution in [3.63, 3.8) is 0 Å². The van der Waals surface area contributed by atoms with E-state index in [2.05, 4.69) is 37.0 Å². The third-order valence-electron chi connectivity index (χ3n) is 3.46. The van der Waals surface area contributed by atoms with E-state index in [0.29, 0.717) is 21.5 Å². The van der Waals surface area contributed by atoms with E-state index < -0.39 is 0 Å². The Kier molecular flexibility index (Phi) is 24.0. The van der Waals surface area contributed by atoms with Gasteiger partial charge in [-0.2, -0.15) is 0 Å². The Labute approximate surface area is 200 Å². The van der Waals surface area contributed by atoms with Gasteiger partial charge in [-0.1, -0.05) is 106 Å². The topological polar surface area (TPSA) is 41.5 Å². The second kappa shape index (κ2) is 22.3. The fourth-order valence-electron chi connectivity index (χ4n) is 1.57. The number of hydrogen-bond acceptors (Lipinski definition) is 2. The van der Waals surface area contributed by atoms with Crippen LogP contribution in [0.25, 0.3) is 0 Å². The highest BCUT2D eigenvalue weighted by atomic mass is 35.5. The molecule has 0 radical (unpaired) electrons. The molecule has 0 unspecified atom stereocenters. The molecule has 5 heteroatoms. The lowest BCUT2D eigenvalue weighted by molar-refractivity contribution is -0.116. The summed E-state index contributed by atoms with van der Waals surface area (Å²) in [5.41, 5.74) is 2.48. The van der Waals surface area contributed by atoms with Crippen molar-refractivity contribution in [3.8, 4) is 0 Å². The van der Waals surface area contributed by atoms with Crippen LogP contribution in [-0.2, 0) is 4.79 Å². The minimum absolute atomic E-state index is 0.280. The minimum Gasteiger partial charge on any atom is -0.307 e. The predicted octanol–water partition coefficient (Wildman–Crippen LogP) is 8.54. The molecule has 0 heterocycles. The summed E-state index contributed by atoms with van der Waals surface area (Å²) in [6.45, 7) is 24.4. The van der Waals surface area contributed by atoms with E-state index in [1.54, 1.807) is 43.5 Å². The van der Waals surface area contributed by atoms with E-state index in [1.807, 2.05) is 46.8 Å². The Morgan fingerprint density at radius 2 is 1.68 bits per heavy atom. The smallest absolute Gasteiger partial charge is 0.256 e. The van der Waals surface area contributed by atoms with Crippen LogP contribution in [0, 0.1) is 0 Å². The first-order chi connectivity index (χ1) is 14.7. The van der Waals surface area contributed by atoms with Crippen LogP contribution in [0.5, 0.6) is 0 Å². The van der Waals surface area contributed by atoms with E-state index in [4.69, 9.17) is 23.2 Å². The maximum Gasteiger partial charge on any atom is 0.256 e. The molecule has 0 spiro atoms. The van der Waals surface area contributed by atoms with Crippen LogP contribution < -0.4 is 5.32 Å². The summed E-state index contributed by atoms with van der Waals surface area (Å²) in [4.78, 5) is 15.8. The van der Waals surface area contributed by atoms with Crippen molar-refractivity contribution in [3.05, 3.63) is 94.9 Å². The van der Waals surface area contributed by atoms with Gasteiger partial charge in [0, 0.05) is 21.9 Å². The number of halogens is 2. The number of rotatable bonds is 9. The molecule has 0 fully saturated rings. The molecule has 0 aliphatic rings. The van der Waals surface area contributed by atoms with E-state index in [-0.39, 0.29) is 5.91 Å². The Hall–Kier alpha value is -2.36. The summed E-state index contributed by atoms with van der Waals surface area (Å²) in [6, 6.07) is 0. The number of nitrogens with zero attached hydrogens (tertiary/aromatic N) is 1. The second-order valence-corrected chi connectivity index (χ2v) is 6.51. The van der Waals surface area contributed by atoms with Crippen molar-refractivity contribution in [2.45, 2.75) is 54.9 Å². The lowest BCUT2D eigenvalue weighted by Gasteiger charge is -2.04. The molecule has 0 saturated carbocycles. The lowest BCUT2D eigenvalue weighted by Crippen LogP contribution is -2.22. The number of hydrogen-bond donors (Lipinski definition) is 1. The summed E-state index contributed by atoms with van der Waals surface area (Å²) in [7, 11) is 0. The zero-order valence-corrected chi connectivity index (χ0v) is 21.6. The molecular weight excluding hydrogens is 427 g/mol. The molecule has 0 aromatic rings. The maximum atomic E-state index is 11.8. The molecule has 0 atom stereocenters. The fourth-order valence-corrected chi connectivity index (χ4v) is 1.82. The van der Waals surface area contributed by atoms with E-state index in [9.17, 15) is 4.79 Å². The first-order valence-electron chi connectivity index (χ1n) is 10.1. The summed E-state index contributed by atoms with van der Waals surface area (Å²) in [6.07, 6.45) is 14.6. The average Bonchev–Trinajstić information content (AvgIpc) is 2.79. The summed E-state index contributed by atoms with van der Waals surface area (Å²) < 4.78 is 0. The third kappa shape index (κ3) is 18.2. The molecule has 1 amide bonds. The van der Waals surface area contributed by atoms with Gasteiger partial charge in [-0.25, -0.2) is 4.99 Å². The van der Waals surface area contributed by atoms with Crippen LogP contribution in [0.3, 0.4) is 0 Å². The molecule has 0 bridgehead atoms. The van der Waals surface area contributed by atoms with Crippen molar-refractivity contribution in [1.82, 2.24) is 5.32 Å². The Morgan fingerprint density at radius 3 is 2.10 bits per heavy atom. The molecule has 0 rings (SSSR count). The predicted molar refractivity (Wildman–Crippen MR) is 143 cm³/mol. The number of nitrogens with one attached hydrogen (secondary N) is 1. The summed E-state index contributed by atoms with van der Waals surface area (Å²) in [5.74, 6) is 0.162. The minimum atomic E-state index is -0.280. The van der Waals surface area contributed by atoms with Crippen molar-refractivity contribution >= 4 is 35.3 Å². The highest BCUT2D eigenvalue weighted by Gasteiger charge is 2.04. The molecule has 0 aromatic carbocycles. The zero-order chi connectivity index (χ0) is 24.8. The Balaban J connectivity index is -0.000000550. The van der Waals surface area contributed by atoms with Gasteiger partial charge >= 0.3 is 0 Å². The molecule has 0 aliphatic heterocycles. The van der Waals surface area contributed by atoms with Crippen LogP contribution >= 0.6 is 23.2 Å². The van der Waals surface area contributed by atoms with Gasteiger partial charge in [0.1, 0.15) is 5.82 Å². The molecule has 0 aliphatic carbocycles. The van der Waals surface area contributed by atoms with E-state index in [0.717, 1.165) is 12.0 Å².